The van der Waals surface area contributed by atoms with Gasteiger partial charge in [0, 0.05) is 18.7 Å². The number of hydrogen-bond donors (Lipinski definition) is 0. The number of alkyl halides is 2. The smallest absolute Gasteiger partial charge is 0.258 e. The molecule has 2 heterocycles. The molecule has 2 atom stereocenters. The van der Waals surface area contributed by atoms with Crippen LogP contribution in [-0.4, -0.2) is 30.3 Å². The second-order valence-electron chi connectivity index (χ2n) is 4.75. The first kappa shape index (κ1) is 10.6. The third-order valence-corrected chi connectivity index (χ3v) is 3.76. The molecule has 1 aliphatic carbocycles. The minimum atomic E-state index is -2.46. The lowest BCUT2D eigenvalue weighted by Gasteiger charge is -2.21. The molecular formula is C12H12F2N2O. The molecule has 0 aromatic carbocycles. The fourth-order valence-electron chi connectivity index (χ4n) is 2.55. The first-order chi connectivity index (χ1) is 8.04. The number of halogens is 2. The molecule has 90 valence electrons. The Morgan fingerprint density at radius 3 is 2.59 bits per heavy atom. The highest BCUT2D eigenvalue weighted by Gasteiger charge is 2.71. The van der Waals surface area contributed by atoms with Gasteiger partial charge in [-0.25, -0.2) is 13.8 Å². The van der Waals surface area contributed by atoms with Gasteiger partial charge in [0.2, 0.25) is 0 Å². The second-order valence-corrected chi connectivity index (χ2v) is 4.75. The van der Waals surface area contributed by atoms with Crippen LogP contribution in [0, 0.1) is 18.8 Å². The predicted octanol–water partition coefficient (Wildman–Crippen LogP) is 1.90. The maximum atomic E-state index is 13.0. The van der Waals surface area contributed by atoms with Crippen molar-refractivity contribution in [3.05, 3.63) is 23.4 Å². The number of carbonyl (C=O) groups is 1. The number of carbonyl (C=O) groups excluding carboxylic acids is 1. The summed E-state index contributed by atoms with van der Waals surface area (Å²) in [6.45, 7) is 2.48. The van der Waals surface area contributed by atoms with Crippen LogP contribution in [0.4, 0.5) is 14.6 Å². The van der Waals surface area contributed by atoms with Gasteiger partial charge in [-0.1, -0.05) is 0 Å². The van der Waals surface area contributed by atoms with E-state index in [0.717, 1.165) is 6.29 Å². The number of nitrogens with zero attached hydrogens (tertiary/aromatic N) is 2. The van der Waals surface area contributed by atoms with Crippen molar-refractivity contribution in [3.8, 4) is 0 Å². The molecule has 5 heteroatoms. The van der Waals surface area contributed by atoms with Crippen molar-refractivity contribution in [1.82, 2.24) is 4.98 Å². The maximum absolute atomic E-state index is 13.0. The summed E-state index contributed by atoms with van der Waals surface area (Å²) < 4.78 is 26.1. The monoisotopic (exact) mass is 238 g/mol. The fourth-order valence-corrected chi connectivity index (χ4v) is 2.55. The molecule has 0 radical (unpaired) electrons. The minimum Gasteiger partial charge on any atom is -0.356 e. The molecule has 0 amide bonds. The highest BCUT2D eigenvalue weighted by atomic mass is 19.3. The summed E-state index contributed by atoms with van der Waals surface area (Å²) in [6.07, 6.45) is 0.752. The van der Waals surface area contributed by atoms with Crippen LogP contribution in [0.1, 0.15) is 16.1 Å². The molecular weight excluding hydrogens is 226 g/mol. The van der Waals surface area contributed by atoms with Gasteiger partial charge in [-0.05, 0) is 19.1 Å². The average molecular weight is 238 g/mol. The van der Waals surface area contributed by atoms with Gasteiger partial charge in [-0.3, -0.25) is 4.79 Å². The van der Waals surface area contributed by atoms with E-state index in [1.807, 2.05) is 4.90 Å². The Kier molecular flexibility index (Phi) is 2.03. The van der Waals surface area contributed by atoms with Gasteiger partial charge in [-0.15, -0.1) is 0 Å². The van der Waals surface area contributed by atoms with Crippen LogP contribution < -0.4 is 4.90 Å². The number of anilines is 1. The quantitative estimate of drug-likeness (QED) is 0.738. The standard InChI is InChI=1S/C12H12F2N2O/c1-7-8(6-17)2-3-11(15-7)16-4-9-10(5-16)12(9,13)14/h2-3,6,9-10H,4-5H2,1H3. The zero-order valence-corrected chi connectivity index (χ0v) is 9.36. The summed E-state index contributed by atoms with van der Waals surface area (Å²) in [7, 11) is 0. The summed E-state index contributed by atoms with van der Waals surface area (Å²) >= 11 is 0. The van der Waals surface area contributed by atoms with Crippen molar-refractivity contribution >= 4 is 12.1 Å². The maximum Gasteiger partial charge on any atom is 0.258 e. The van der Waals surface area contributed by atoms with Crippen molar-refractivity contribution in [2.45, 2.75) is 12.8 Å². The second kappa shape index (κ2) is 3.24. The molecule has 2 aliphatic rings. The summed E-state index contributed by atoms with van der Waals surface area (Å²) in [5.41, 5.74) is 1.19. The Morgan fingerprint density at radius 2 is 2.06 bits per heavy atom. The number of pyridine rings is 1. The van der Waals surface area contributed by atoms with Crippen LogP contribution in [0.2, 0.25) is 0 Å². The molecule has 0 N–H and O–H groups in total. The zero-order valence-electron chi connectivity index (χ0n) is 9.36. The first-order valence-electron chi connectivity index (χ1n) is 5.59. The molecule has 1 saturated heterocycles. The number of aldehydes is 1. The topological polar surface area (TPSA) is 33.2 Å². The van der Waals surface area contributed by atoms with E-state index in [1.165, 1.54) is 0 Å². The number of fused-ring (bicyclic) bond motifs is 1. The number of hydrogen-bond acceptors (Lipinski definition) is 3. The van der Waals surface area contributed by atoms with E-state index in [1.54, 1.807) is 19.1 Å². The van der Waals surface area contributed by atoms with Gasteiger partial charge in [0.25, 0.3) is 5.92 Å². The molecule has 1 saturated carbocycles. The van der Waals surface area contributed by atoms with Crippen molar-refractivity contribution in [2.75, 3.05) is 18.0 Å². The molecule has 1 aliphatic heterocycles. The molecule has 0 bridgehead atoms. The molecule has 0 spiro atoms. The molecule has 17 heavy (non-hydrogen) atoms. The van der Waals surface area contributed by atoms with E-state index in [4.69, 9.17) is 0 Å². The summed E-state index contributed by atoms with van der Waals surface area (Å²) in [4.78, 5) is 16.8. The third kappa shape index (κ3) is 1.45. The van der Waals surface area contributed by atoms with Crippen LogP contribution in [0.3, 0.4) is 0 Å². The Bertz CT molecular complexity index is 475. The Hall–Kier alpha value is -1.52. The zero-order chi connectivity index (χ0) is 12.2. The van der Waals surface area contributed by atoms with Crippen molar-refractivity contribution in [1.29, 1.82) is 0 Å². The van der Waals surface area contributed by atoms with Crippen LogP contribution >= 0.6 is 0 Å². The predicted molar refractivity (Wildman–Crippen MR) is 58.5 cm³/mol. The molecule has 3 rings (SSSR count). The molecule has 2 fully saturated rings. The van der Waals surface area contributed by atoms with Crippen LogP contribution in [0.5, 0.6) is 0 Å². The minimum absolute atomic E-state index is 0.366. The fraction of sp³-hybridized carbons (Fsp3) is 0.500. The van der Waals surface area contributed by atoms with Crippen LogP contribution in [0.15, 0.2) is 12.1 Å². The van der Waals surface area contributed by atoms with Gasteiger partial charge < -0.3 is 4.90 Å². The lowest BCUT2D eigenvalue weighted by molar-refractivity contribution is 0.0797. The van der Waals surface area contributed by atoms with Crippen LogP contribution in [-0.2, 0) is 0 Å². The van der Waals surface area contributed by atoms with E-state index < -0.39 is 17.8 Å². The van der Waals surface area contributed by atoms with Crippen molar-refractivity contribution < 1.29 is 13.6 Å². The highest BCUT2D eigenvalue weighted by molar-refractivity contribution is 5.76. The largest absolute Gasteiger partial charge is 0.356 e. The van der Waals surface area contributed by atoms with Gasteiger partial charge >= 0.3 is 0 Å². The Labute approximate surface area is 97.4 Å². The SMILES string of the molecule is Cc1nc(N2CC3C(C2)C3(F)F)ccc1C=O. The van der Waals surface area contributed by atoms with E-state index in [-0.39, 0.29) is 0 Å². The highest BCUT2D eigenvalue weighted by Crippen LogP contribution is 2.59. The number of aryl methyl sites for hydroxylation is 1. The van der Waals surface area contributed by atoms with Crippen molar-refractivity contribution in [3.63, 3.8) is 0 Å². The normalized spacial score (nSPS) is 29.0. The summed E-state index contributed by atoms with van der Waals surface area (Å²) in [5, 5.41) is 0. The van der Waals surface area contributed by atoms with E-state index in [2.05, 4.69) is 4.98 Å². The number of aromatic nitrogens is 1. The Morgan fingerprint density at radius 1 is 1.41 bits per heavy atom. The van der Waals surface area contributed by atoms with E-state index >= 15 is 0 Å². The average Bonchev–Trinajstić information content (AvgIpc) is 2.70. The van der Waals surface area contributed by atoms with Gasteiger partial charge in [-0.2, -0.15) is 0 Å². The van der Waals surface area contributed by atoms with E-state index in [0.29, 0.717) is 30.2 Å². The van der Waals surface area contributed by atoms with Crippen LogP contribution in [0.25, 0.3) is 0 Å². The van der Waals surface area contributed by atoms with Gasteiger partial charge in [0.15, 0.2) is 6.29 Å². The lowest BCUT2D eigenvalue weighted by Crippen LogP contribution is -2.28. The van der Waals surface area contributed by atoms with Crippen molar-refractivity contribution in [2.24, 2.45) is 11.8 Å². The number of rotatable bonds is 2. The third-order valence-electron chi connectivity index (χ3n) is 3.76. The molecule has 2 unspecified atom stereocenters. The first-order valence-corrected chi connectivity index (χ1v) is 5.59. The molecule has 3 nitrogen and oxygen atoms in total. The Balaban J connectivity index is 1.79. The lowest BCUT2D eigenvalue weighted by atomic mass is 10.2. The molecule has 1 aromatic rings. The van der Waals surface area contributed by atoms with E-state index in [9.17, 15) is 13.6 Å². The molecule has 1 aromatic heterocycles. The number of piperidine rings is 1. The van der Waals surface area contributed by atoms with Gasteiger partial charge in [0.05, 0.1) is 17.5 Å². The summed E-state index contributed by atoms with van der Waals surface area (Å²) in [5.74, 6) is -2.78. The van der Waals surface area contributed by atoms with Gasteiger partial charge in [0.1, 0.15) is 5.82 Å². The summed E-state index contributed by atoms with van der Waals surface area (Å²) in [6, 6.07) is 3.41.